The van der Waals surface area contributed by atoms with Gasteiger partial charge in [0, 0.05) is 19.2 Å². The van der Waals surface area contributed by atoms with Gasteiger partial charge in [-0.25, -0.2) is 0 Å². The van der Waals surface area contributed by atoms with Crippen LogP contribution in [-0.4, -0.2) is 54.5 Å². The highest BCUT2D eigenvalue weighted by atomic mass is 32.2. The van der Waals surface area contributed by atoms with Gasteiger partial charge in [-0.05, 0) is 12.1 Å². The van der Waals surface area contributed by atoms with Gasteiger partial charge in [0.1, 0.15) is 0 Å². The standard InChI is InChI=1S/C15H15N3O5S/c1-22-12-6-10(7-16)2-3-11(12)23-8-13(19)17-4-5-18-14(20)9-24-15(18)21/h2-3,6H,4-5,8-9H2,1H3,(H,17,19). The maximum atomic E-state index is 11.8. The predicted octanol–water partition coefficient (Wildman–Crippen LogP) is 0.757. The molecule has 126 valence electrons. The highest BCUT2D eigenvalue weighted by Gasteiger charge is 2.29. The topological polar surface area (TPSA) is 109 Å². The summed E-state index contributed by atoms with van der Waals surface area (Å²) in [5.74, 6) is 0.194. The molecule has 0 aliphatic carbocycles. The number of hydrogen-bond donors (Lipinski definition) is 1. The van der Waals surface area contributed by atoms with Gasteiger partial charge in [0.05, 0.1) is 24.5 Å². The van der Waals surface area contributed by atoms with Crippen molar-refractivity contribution >= 4 is 28.8 Å². The fraction of sp³-hybridized carbons (Fsp3) is 0.333. The molecule has 1 saturated heterocycles. The molecule has 0 bridgehead atoms. The summed E-state index contributed by atoms with van der Waals surface area (Å²) in [5, 5.41) is 11.1. The number of carbonyl (C=O) groups excluding carboxylic acids is 3. The Bertz CT molecular complexity index is 685. The number of imide groups is 1. The third kappa shape index (κ3) is 4.39. The number of ether oxygens (including phenoxy) is 2. The first-order valence-corrected chi connectivity index (χ1v) is 7.98. The fourth-order valence-corrected chi connectivity index (χ4v) is 2.71. The van der Waals surface area contributed by atoms with Crippen molar-refractivity contribution in [3.05, 3.63) is 23.8 Å². The maximum Gasteiger partial charge on any atom is 0.288 e. The van der Waals surface area contributed by atoms with Crippen molar-refractivity contribution in [3.8, 4) is 17.6 Å². The number of thioether (sulfide) groups is 1. The zero-order valence-corrected chi connectivity index (χ0v) is 13.7. The van der Waals surface area contributed by atoms with E-state index in [9.17, 15) is 14.4 Å². The van der Waals surface area contributed by atoms with Crippen molar-refractivity contribution in [1.82, 2.24) is 10.2 Å². The van der Waals surface area contributed by atoms with Crippen LogP contribution in [0.3, 0.4) is 0 Å². The van der Waals surface area contributed by atoms with E-state index in [4.69, 9.17) is 14.7 Å². The Labute approximate surface area is 142 Å². The van der Waals surface area contributed by atoms with Gasteiger partial charge in [-0.2, -0.15) is 5.26 Å². The molecule has 24 heavy (non-hydrogen) atoms. The third-order valence-electron chi connectivity index (χ3n) is 3.15. The molecule has 0 radical (unpaired) electrons. The lowest BCUT2D eigenvalue weighted by Crippen LogP contribution is -2.39. The number of carbonyl (C=O) groups is 3. The molecule has 0 saturated carbocycles. The molecule has 0 spiro atoms. The van der Waals surface area contributed by atoms with E-state index in [1.807, 2.05) is 6.07 Å². The average molecular weight is 349 g/mol. The smallest absolute Gasteiger partial charge is 0.288 e. The summed E-state index contributed by atoms with van der Waals surface area (Å²) in [5.41, 5.74) is 0.418. The first-order chi connectivity index (χ1) is 11.5. The van der Waals surface area contributed by atoms with Crippen LogP contribution < -0.4 is 14.8 Å². The van der Waals surface area contributed by atoms with Crippen LogP contribution in [-0.2, 0) is 9.59 Å². The summed E-state index contributed by atoms with van der Waals surface area (Å²) >= 11 is 0.950. The molecule has 1 aromatic rings. The number of methoxy groups -OCH3 is 1. The van der Waals surface area contributed by atoms with Crippen molar-refractivity contribution in [1.29, 1.82) is 5.26 Å². The lowest BCUT2D eigenvalue weighted by atomic mass is 10.2. The number of rotatable bonds is 7. The lowest BCUT2D eigenvalue weighted by molar-refractivity contribution is -0.126. The van der Waals surface area contributed by atoms with E-state index in [2.05, 4.69) is 5.32 Å². The van der Waals surface area contributed by atoms with E-state index < -0.39 is 5.91 Å². The second-order valence-corrected chi connectivity index (χ2v) is 5.64. The second-order valence-electron chi connectivity index (χ2n) is 4.72. The Kier molecular flexibility index (Phi) is 6.03. The van der Waals surface area contributed by atoms with Crippen molar-refractivity contribution < 1.29 is 23.9 Å². The second kappa shape index (κ2) is 8.21. The third-order valence-corrected chi connectivity index (χ3v) is 4.01. The molecule has 1 N–H and O–H groups in total. The van der Waals surface area contributed by atoms with E-state index in [1.54, 1.807) is 12.1 Å². The highest BCUT2D eigenvalue weighted by Crippen LogP contribution is 2.27. The molecule has 1 fully saturated rings. The van der Waals surface area contributed by atoms with Gasteiger partial charge in [0.15, 0.2) is 18.1 Å². The first-order valence-electron chi connectivity index (χ1n) is 7.00. The molecule has 8 nitrogen and oxygen atoms in total. The van der Waals surface area contributed by atoms with Crippen molar-refractivity contribution in [3.63, 3.8) is 0 Å². The minimum Gasteiger partial charge on any atom is -0.493 e. The average Bonchev–Trinajstić information content (AvgIpc) is 2.91. The van der Waals surface area contributed by atoms with Crippen LogP contribution in [0.25, 0.3) is 0 Å². The van der Waals surface area contributed by atoms with E-state index in [-0.39, 0.29) is 36.6 Å². The largest absolute Gasteiger partial charge is 0.493 e. The fourth-order valence-electron chi connectivity index (χ4n) is 1.95. The molecule has 3 amide bonds. The van der Waals surface area contributed by atoms with Crippen LogP contribution in [0.2, 0.25) is 0 Å². The van der Waals surface area contributed by atoms with E-state index in [0.717, 1.165) is 16.7 Å². The summed E-state index contributed by atoms with van der Waals surface area (Å²) in [4.78, 5) is 35.7. The molecule has 1 aliphatic rings. The number of benzene rings is 1. The number of hydrogen-bond acceptors (Lipinski definition) is 7. The van der Waals surface area contributed by atoms with E-state index >= 15 is 0 Å². The highest BCUT2D eigenvalue weighted by molar-refractivity contribution is 8.14. The lowest BCUT2D eigenvalue weighted by Gasteiger charge is -2.14. The van der Waals surface area contributed by atoms with Crippen molar-refractivity contribution in [2.24, 2.45) is 0 Å². The zero-order chi connectivity index (χ0) is 17.5. The Morgan fingerprint density at radius 1 is 1.42 bits per heavy atom. The molecule has 0 aromatic heterocycles. The van der Waals surface area contributed by atoms with Crippen LogP contribution in [0.4, 0.5) is 4.79 Å². The number of nitrogens with zero attached hydrogens (tertiary/aromatic N) is 2. The summed E-state index contributed by atoms with van der Waals surface area (Å²) in [6.07, 6.45) is 0. The van der Waals surface area contributed by atoms with Gasteiger partial charge in [0.2, 0.25) is 5.91 Å². The molecule has 1 aromatic carbocycles. The summed E-state index contributed by atoms with van der Waals surface area (Å²) in [7, 11) is 1.44. The number of amides is 3. The van der Waals surface area contributed by atoms with Gasteiger partial charge in [-0.15, -0.1) is 0 Å². The Morgan fingerprint density at radius 3 is 2.83 bits per heavy atom. The maximum absolute atomic E-state index is 11.8. The summed E-state index contributed by atoms with van der Waals surface area (Å²) in [6.45, 7) is 0.0419. The molecular formula is C15H15N3O5S. The van der Waals surface area contributed by atoms with Gasteiger partial charge in [-0.1, -0.05) is 11.8 Å². The molecule has 9 heteroatoms. The van der Waals surface area contributed by atoms with Gasteiger partial charge >= 0.3 is 0 Å². The summed E-state index contributed by atoms with van der Waals surface area (Å²) in [6, 6.07) is 6.59. The SMILES string of the molecule is COc1cc(C#N)ccc1OCC(=O)NCCN1C(=O)CSC1=O. The Morgan fingerprint density at radius 2 is 2.21 bits per heavy atom. The van der Waals surface area contributed by atoms with Crippen LogP contribution >= 0.6 is 11.8 Å². The predicted molar refractivity (Wildman–Crippen MR) is 85.8 cm³/mol. The van der Waals surface area contributed by atoms with Gasteiger partial charge in [0.25, 0.3) is 11.1 Å². The van der Waals surface area contributed by atoms with Crippen molar-refractivity contribution in [2.75, 3.05) is 32.6 Å². The quantitative estimate of drug-likeness (QED) is 0.774. The monoisotopic (exact) mass is 349 g/mol. The number of nitriles is 1. The normalized spacial score (nSPS) is 13.6. The van der Waals surface area contributed by atoms with E-state index in [0.29, 0.717) is 17.1 Å². The van der Waals surface area contributed by atoms with E-state index in [1.165, 1.54) is 13.2 Å². The first kappa shape index (κ1) is 17.6. The Hall–Kier alpha value is -2.73. The van der Waals surface area contributed by atoms with Crippen LogP contribution in [0.1, 0.15) is 5.56 Å². The minimum atomic E-state index is -0.395. The summed E-state index contributed by atoms with van der Waals surface area (Å²) < 4.78 is 10.5. The molecule has 1 heterocycles. The van der Waals surface area contributed by atoms with Crippen LogP contribution in [0.15, 0.2) is 18.2 Å². The molecule has 2 rings (SSSR count). The Balaban J connectivity index is 1.78. The minimum absolute atomic E-state index is 0.136. The van der Waals surface area contributed by atoms with Gasteiger partial charge < -0.3 is 14.8 Å². The van der Waals surface area contributed by atoms with Crippen LogP contribution in [0, 0.1) is 11.3 Å². The molecule has 0 unspecified atom stereocenters. The van der Waals surface area contributed by atoms with Gasteiger partial charge in [-0.3, -0.25) is 19.3 Å². The zero-order valence-electron chi connectivity index (χ0n) is 12.9. The number of nitrogens with one attached hydrogen (secondary N) is 1. The molecule has 1 aliphatic heterocycles. The molecule has 0 atom stereocenters. The van der Waals surface area contributed by atoms with Crippen LogP contribution in [0.5, 0.6) is 11.5 Å². The van der Waals surface area contributed by atoms with Crippen molar-refractivity contribution in [2.45, 2.75) is 0 Å². The molecular weight excluding hydrogens is 334 g/mol.